The van der Waals surface area contributed by atoms with Crippen LogP contribution in [-0.4, -0.2) is 5.91 Å². The summed E-state index contributed by atoms with van der Waals surface area (Å²) in [5.41, 5.74) is 1.13. The lowest BCUT2D eigenvalue weighted by molar-refractivity contribution is -0.122. The van der Waals surface area contributed by atoms with Gasteiger partial charge in [-0.1, -0.05) is 48.3 Å². The highest BCUT2D eigenvalue weighted by Gasteiger charge is 2.06. The predicted molar refractivity (Wildman–Crippen MR) is 70.1 cm³/mol. The highest BCUT2D eigenvalue weighted by molar-refractivity contribution is 9.10. The van der Waals surface area contributed by atoms with Gasteiger partial charge in [0.15, 0.2) is 0 Å². The van der Waals surface area contributed by atoms with Crippen LogP contribution in [0.3, 0.4) is 0 Å². The lowest BCUT2D eigenvalue weighted by Crippen LogP contribution is -2.24. The number of rotatable bonds is 5. The van der Waals surface area contributed by atoms with Crippen molar-refractivity contribution in [2.24, 2.45) is 5.92 Å². The monoisotopic (exact) mass is 283 g/mol. The third kappa shape index (κ3) is 4.79. The fourth-order valence-corrected chi connectivity index (χ4v) is 1.60. The van der Waals surface area contributed by atoms with Crippen LogP contribution in [0.25, 0.3) is 0 Å². The molecule has 0 heterocycles. The maximum absolute atomic E-state index is 11.5. The Bertz CT molecular complexity index is 334. The van der Waals surface area contributed by atoms with Crippen molar-refractivity contribution in [3.05, 3.63) is 34.3 Å². The van der Waals surface area contributed by atoms with Crippen molar-refractivity contribution in [2.45, 2.75) is 33.2 Å². The molecule has 0 aliphatic heterocycles. The number of halogens is 1. The topological polar surface area (TPSA) is 29.1 Å². The lowest BCUT2D eigenvalue weighted by atomic mass is 10.1. The second-order valence-electron chi connectivity index (χ2n) is 4.12. The highest BCUT2D eigenvalue weighted by Crippen LogP contribution is 2.10. The quantitative estimate of drug-likeness (QED) is 0.881. The molecule has 1 aromatic carbocycles. The molecule has 1 aromatic rings. The molecule has 0 aromatic heterocycles. The second-order valence-corrected chi connectivity index (χ2v) is 5.04. The molecule has 16 heavy (non-hydrogen) atoms. The molecule has 3 heteroatoms. The summed E-state index contributed by atoms with van der Waals surface area (Å²) < 4.78 is 1.06. The molecule has 0 fully saturated rings. The summed E-state index contributed by atoms with van der Waals surface area (Å²) >= 11 is 3.38. The maximum atomic E-state index is 11.5. The molecule has 0 bridgehead atoms. The van der Waals surface area contributed by atoms with E-state index in [4.69, 9.17) is 0 Å². The maximum Gasteiger partial charge on any atom is 0.220 e. The van der Waals surface area contributed by atoms with Crippen molar-refractivity contribution in [1.82, 2.24) is 5.32 Å². The Morgan fingerprint density at radius 2 is 2.00 bits per heavy atom. The Hall–Kier alpha value is -0.830. The van der Waals surface area contributed by atoms with Gasteiger partial charge in [-0.05, 0) is 23.6 Å². The zero-order valence-electron chi connectivity index (χ0n) is 9.79. The number of nitrogens with one attached hydrogen (secondary N) is 1. The molecule has 2 nitrogen and oxygen atoms in total. The molecule has 0 radical (unpaired) electrons. The van der Waals surface area contributed by atoms with Gasteiger partial charge in [-0.15, -0.1) is 0 Å². The number of benzene rings is 1. The highest BCUT2D eigenvalue weighted by atomic mass is 79.9. The van der Waals surface area contributed by atoms with Crippen LogP contribution in [0.4, 0.5) is 0 Å². The van der Waals surface area contributed by atoms with Gasteiger partial charge in [-0.3, -0.25) is 4.79 Å². The number of hydrogen-bond donors (Lipinski definition) is 1. The second kappa shape index (κ2) is 6.69. The first-order chi connectivity index (χ1) is 7.61. The van der Waals surface area contributed by atoms with Crippen molar-refractivity contribution in [2.75, 3.05) is 0 Å². The van der Waals surface area contributed by atoms with Crippen LogP contribution >= 0.6 is 15.9 Å². The Morgan fingerprint density at radius 1 is 1.38 bits per heavy atom. The van der Waals surface area contributed by atoms with Crippen LogP contribution in [0.15, 0.2) is 28.7 Å². The van der Waals surface area contributed by atoms with Gasteiger partial charge < -0.3 is 5.32 Å². The minimum atomic E-state index is 0.136. The van der Waals surface area contributed by atoms with E-state index in [1.54, 1.807) is 0 Å². The Balaban J connectivity index is 2.34. The van der Waals surface area contributed by atoms with Crippen molar-refractivity contribution in [3.8, 4) is 0 Å². The van der Waals surface area contributed by atoms with Gasteiger partial charge in [0, 0.05) is 17.4 Å². The Morgan fingerprint density at radius 3 is 2.56 bits per heavy atom. The van der Waals surface area contributed by atoms with Crippen LogP contribution in [-0.2, 0) is 11.3 Å². The van der Waals surface area contributed by atoms with E-state index in [2.05, 4.69) is 35.1 Å². The van der Waals surface area contributed by atoms with Crippen molar-refractivity contribution in [1.29, 1.82) is 0 Å². The van der Waals surface area contributed by atoms with Gasteiger partial charge >= 0.3 is 0 Å². The van der Waals surface area contributed by atoms with Crippen LogP contribution in [0.2, 0.25) is 0 Å². The van der Waals surface area contributed by atoms with E-state index in [1.807, 2.05) is 24.3 Å². The van der Waals surface area contributed by atoms with E-state index >= 15 is 0 Å². The number of carbonyl (C=O) groups is 1. The van der Waals surface area contributed by atoms with Gasteiger partial charge in [0.25, 0.3) is 0 Å². The summed E-state index contributed by atoms with van der Waals surface area (Å²) in [4.78, 5) is 11.5. The third-order valence-corrected chi connectivity index (χ3v) is 3.16. The van der Waals surface area contributed by atoms with Gasteiger partial charge in [0.1, 0.15) is 0 Å². The minimum absolute atomic E-state index is 0.136. The summed E-state index contributed by atoms with van der Waals surface area (Å²) in [6.45, 7) is 4.81. The summed E-state index contributed by atoms with van der Waals surface area (Å²) in [5, 5.41) is 2.93. The molecule has 0 saturated heterocycles. The number of hydrogen-bond acceptors (Lipinski definition) is 1. The van der Waals surface area contributed by atoms with Crippen molar-refractivity contribution in [3.63, 3.8) is 0 Å². The molecular formula is C13H18BrNO. The van der Waals surface area contributed by atoms with E-state index < -0.39 is 0 Å². The average molecular weight is 284 g/mol. The molecule has 1 N–H and O–H groups in total. The molecule has 1 rings (SSSR count). The summed E-state index contributed by atoms with van der Waals surface area (Å²) in [6, 6.07) is 7.98. The van der Waals surface area contributed by atoms with Crippen LogP contribution in [0, 0.1) is 5.92 Å². The summed E-state index contributed by atoms with van der Waals surface area (Å²) in [5.74, 6) is 0.599. The van der Waals surface area contributed by atoms with Gasteiger partial charge in [0.2, 0.25) is 5.91 Å². The standard InChI is InChI=1S/C13H18BrNO/c1-3-10(2)8-13(16)15-9-11-4-6-12(14)7-5-11/h4-7,10H,3,8-9H2,1-2H3,(H,15,16). The first kappa shape index (κ1) is 13.2. The molecule has 1 amide bonds. The SMILES string of the molecule is CCC(C)CC(=O)NCc1ccc(Br)cc1. The van der Waals surface area contributed by atoms with Crippen LogP contribution in [0.1, 0.15) is 32.3 Å². The molecule has 0 aliphatic rings. The smallest absolute Gasteiger partial charge is 0.220 e. The van der Waals surface area contributed by atoms with Gasteiger partial charge in [-0.25, -0.2) is 0 Å². The van der Waals surface area contributed by atoms with Crippen LogP contribution in [0.5, 0.6) is 0 Å². The minimum Gasteiger partial charge on any atom is -0.352 e. The summed E-state index contributed by atoms with van der Waals surface area (Å²) in [6.07, 6.45) is 1.67. The summed E-state index contributed by atoms with van der Waals surface area (Å²) in [7, 11) is 0. The zero-order chi connectivity index (χ0) is 12.0. The van der Waals surface area contributed by atoms with Crippen molar-refractivity contribution < 1.29 is 4.79 Å². The Labute approximate surface area is 106 Å². The average Bonchev–Trinajstić information content (AvgIpc) is 2.28. The molecule has 0 saturated carbocycles. The van der Waals surface area contributed by atoms with Crippen LogP contribution < -0.4 is 5.32 Å². The van der Waals surface area contributed by atoms with Gasteiger partial charge in [0.05, 0.1) is 0 Å². The van der Waals surface area contributed by atoms with E-state index in [0.29, 0.717) is 18.9 Å². The number of carbonyl (C=O) groups excluding carboxylic acids is 1. The predicted octanol–water partition coefficient (Wildman–Crippen LogP) is 3.50. The Kier molecular flexibility index (Phi) is 5.53. The molecule has 0 spiro atoms. The van der Waals surface area contributed by atoms with E-state index in [1.165, 1.54) is 0 Å². The molecule has 0 aliphatic carbocycles. The first-order valence-electron chi connectivity index (χ1n) is 5.63. The normalized spacial score (nSPS) is 12.2. The fourth-order valence-electron chi connectivity index (χ4n) is 1.34. The molecule has 1 atom stereocenters. The largest absolute Gasteiger partial charge is 0.352 e. The third-order valence-electron chi connectivity index (χ3n) is 2.63. The fraction of sp³-hybridized carbons (Fsp3) is 0.462. The van der Waals surface area contributed by atoms with E-state index in [9.17, 15) is 4.79 Å². The van der Waals surface area contributed by atoms with Gasteiger partial charge in [-0.2, -0.15) is 0 Å². The lowest BCUT2D eigenvalue weighted by Gasteiger charge is -2.09. The van der Waals surface area contributed by atoms with E-state index in [-0.39, 0.29) is 5.91 Å². The molecule has 88 valence electrons. The van der Waals surface area contributed by atoms with E-state index in [0.717, 1.165) is 16.5 Å². The molecular weight excluding hydrogens is 266 g/mol. The first-order valence-corrected chi connectivity index (χ1v) is 6.42. The number of amides is 1. The zero-order valence-corrected chi connectivity index (χ0v) is 11.4. The molecule has 1 unspecified atom stereocenters. The van der Waals surface area contributed by atoms with Crippen molar-refractivity contribution >= 4 is 21.8 Å².